The average Bonchev–Trinajstić information content (AvgIpc) is 3.25. The van der Waals surface area contributed by atoms with Crippen LogP contribution >= 0.6 is 11.3 Å². The van der Waals surface area contributed by atoms with Crippen LogP contribution in [0.5, 0.6) is 0 Å². The molecule has 2 aliphatic rings. The average molecular weight is 337 g/mol. The van der Waals surface area contributed by atoms with Crippen molar-refractivity contribution in [2.75, 3.05) is 39.8 Å². The van der Waals surface area contributed by atoms with Crippen LogP contribution in [0.25, 0.3) is 0 Å². The lowest BCUT2D eigenvalue weighted by atomic mass is 10.1. The third-order valence-electron chi connectivity index (χ3n) is 4.87. The van der Waals surface area contributed by atoms with E-state index in [0.29, 0.717) is 12.0 Å². The van der Waals surface area contributed by atoms with E-state index in [2.05, 4.69) is 44.3 Å². The summed E-state index contributed by atoms with van der Waals surface area (Å²) in [6, 6.07) is 2.85. The molecule has 0 aromatic carbocycles. The van der Waals surface area contributed by atoms with E-state index in [9.17, 15) is 0 Å². The quantitative estimate of drug-likeness (QED) is 0.637. The summed E-state index contributed by atoms with van der Waals surface area (Å²) >= 11 is 1.75. The van der Waals surface area contributed by atoms with Gasteiger partial charge >= 0.3 is 0 Å². The van der Waals surface area contributed by atoms with E-state index in [4.69, 9.17) is 4.74 Å². The maximum Gasteiger partial charge on any atom is 0.191 e. The molecule has 128 valence electrons. The van der Waals surface area contributed by atoms with Crippen molar-refractivity contribution in [2.24, 2.45) is 4.99 Å². The van der Waals surface area contributed by atoms with Gasteiger partial charge in [0.15, 0.2) is 5.96 Å². The van der Waals surface area contributed by atoms with Gasteiger partial charge in [-0.05, 0) is 47.7 Å². The van der Waals surface area contributed by atoms with Crippen LogP contribution in [0.3, 0.4) is 0 Å². The van der Waals surface area contributed by atoms with Crippen molar-refractivity contribution in [3.8, 4) is 0 Å². The van der Waals surface area contributed by atoms with Gasteiger partial charge in [-0.3, -0.25) is 9.89 Å². The molecule has 2 saturated heterocycles. The molecule has 2 aliphatic heterocycles. The van der Waals surface area contributed by atoms with Crippen molar-refractivity contribution >= 4 is 17.3 Å². The first-order chi connectivity index (χ1) is 11.3. The zero-order chi connectivity index (χ0) is 16.1. The maximum absolute atomic E-state index is 5.99. The van der Waals surface area contributed by atoms with Gasteiger partial charge < -0.3 is 15.4 Å². The zero-order valence-corrected chi connectivity index (χ0v) is 14.9. The van der Waals surface area contributed by atoms with Crippen LogP contribution in [0.4, 0.5) is 0 Å². The van der Waals surface area contributed by atoms with Gasteiger partial charge in [0, 0.05) is 32.7 Å². The van der Waals surface area contributed by atoms with E-state index in [0.717, 1.165) is 32.2 Å². The Labute approximate surface area is 143 Å². The Morgan fingerprint density at radius 3 is 3.22 bits per heavy atom. The number of guanidine groups is 1. The predicted molar refractivity (Wildman–Crippen MR) is 96.4 cm³/mol. The summed E-state index contributed by atoms with van der Waals surface area (Å²) in [5.41, 5.74) is 1.38. The van der Waals surface area contributed by atoms with E-state index in [1.54, 1.807) is 11.3 Å². The van der Waals surface area contributed by atoms with E-state index < -0.39 is 0 Å². The van der Waals surface area contributed by atoms with Crippen molar-refractivity contribution in [1.29, 1.82) is 0 Å². The molecule has 5 nitrogen and oxygen atoms in total. The molecule has 23 heavy (non-hydrogen) atoms. The Bertz CT molecular complexity index is 505. The van der Waals surface area contributed by atoms with Gasteiger partial charge in [0.05, 0.1) is 12.7 Å². The van der Waals surface area contributed by atoms with Crippen LogP contribution in [-0.2, 0) is 4.74 Å². The van der Waals surface area contributed by atoms with E-state index in [1.807, 2.05) is 7.05 Å². The minimum atomic E-state index is 0.261. The standard InChI is InChI=1S/C17H28N4OS/c1-13(14-5-7-23-12-14)8-19-17(18-2)20-9-16-10-21-6-3-4-15(21)11-22-16/h5,7,12-13,15-16H,3-4,6,8-11H2,1-2H3,(H2,18,19,20). The Balaban J connectivity index is 1.39. The van der Waals surface area contributed by atoms with E-state index in [1.165, 1.54) is 24.9 Å². The Morgan fingerprint density at radius 2 is 2.43 bits per heavy atom. The normalized spacial score (nSPS) is 26.8. The fraction of sp³-hybridized carbons (Fsp3) is 0.706. The number of aliphatic imine (C=N–C) groups is 1. The molecule has 1 aromatic heterocycles. The Hall–Kier alpha value is -1.11. The molecule has 2 fully saturated rings. The molecule has 1 aromatic rings. The van der Waals surface area contributed by atoms with Crippen LogP contribution in [0.2, 0.25) is 0 Å². The third-order valence-corrected chi connectivity index (χ3v) is 5.57. The SMILES string of the molecule is CN=C(NCC1CN2CCCC2CO1)NCC(C)c1ccsc1. The van der Waals surface area contributed by atoms with Crippen LogP contribution < -0.4 is 10.6 Å². The molecule has 0 radical (unpaired) electrons. The van der Waals surface area contributed by atoms with Crippen molar-refractivity contribution in [3.63, 3.8) is 0 Å². The molecular formula is C17H28N4OS. The minimum Gasteiger partial charge on any atom is -0.373 e. The minimum absolute atomic E-state index is 0.261. The van der Waals surface area contributed by atoms with Gasteiger partial charge in [-0.2, -0.15) is 11.3 Å². The molecule has 3 heterocycles. The monoisotopic (exact) mass is 336 g/mol. The van der Waals surface area contributed by atoms with Crippen molar-refractivity contribution in [3.05, 3.63) is 22.4 Å². The molecule has 3 unspecified atom stereocenters. The summed E-state index contributed by atoms with van der Waals surface area (Å²) in [6.07, 6.45) is 2.87. The van der Waals surface area contributed by atoms with Crippen molar-refractivity contribution < 1.29 is 4.74 Å². The summed E-state index contributed by atoms with van der Waals surface area (Å²) < 4.78 is 5.99. The molecular weight excluding hydrogens is 308 g/mol. The fourth-order valence-corrected chi connectivity index (χ4v) is 4.15. The van der Waals surface area contributed by atoms with Gasteiger partial charge in [-0.15, -0.1) is 0 Å². The maximum atomic E-state index is 5.99. The lowest BCUT2D eigenvalue weighted by Crippen LogP contribution is -2.51. The molecule has 0 bridgehead atoms. The highest BCUT2D eigenvalue weighted by Crippen LogP contribution is 2.22. The van der Waals surface area contributed by atoms with Gasteiger partial charge in [-0.1, -0.05) is 6.92 Å². The molecule has 2 N–H and O–H groups in total. The first-order valence-electron chi connectivity index (χ1n) is 8.58. The molecule has 3 atom stereocenters. The number of nitrogens with one attached hydrogen (secondary N) is 2. The van der Waals surface area contributed by atoms with E-state index >= 15 is 0 Å². The number of hydrogen-bond donors (Lipinski definition) is 2. The molecule has 0 amide bonds. The topological polar surface area (TPSA) is 48.9 Å². The fourth-order valence-electron chi connectivity index (χ4n) is 3.36. The number of thiophene rings is 1. The number of rotatable bonds is 5. The third kappa shape index (κ3) is 4.46. The smallest absolute Gasteiger partial charge is 0.191 e. The van der Waals surface area contributed by atoms with Gasteiger partial charge in [-0.25, -0.2) is 0 Å². The summed E-state index contributed by atoms with van der Waals surface area (Å²) in [4.78, 5) is 6.89. The van der Waals surface area contributed by atoms with Crippen LogP contribution in [-0.4, -0.2) is 62.8 Å². The summed E-state index contributed by atoms with van der Waals surface area (Å²) in [5, 5.41) is 11.2. The summed E-state index contributed by atoms with van der Waals surface area (Å²) in [6.45, 7) is 7.09. The van der Waals surface area contributed by atoms with Gasteiger partial charge in [0.2, 0.25) is 0 Å². The van der Waals surface area contributed by atoms with Crippen LogP contribution in [0, 0.1) is 0 Å². The summed E-state index contributed by atoms with van der Waals surface area (Å²) in [5.74, 6) is 1.34. The Morgan fingerprint density at radius 1 is 1.52 bits per heavy atom. The number of nitrogens with zero attached hydrogens (tertiary/aromatic N) is 2. The second-order valence-corrected chi connectivity index (χ2v) is 7.32. The second kappa shape index (κ2) is 8.13. The highest BCUT2D eigenvalue weighted by molar-refractivity contribution is 7.07. The molecule has 6 heteroatoms. The van der Waals surface area contributed by atoms with Gasteiger partial charge in [0.1, 0.15) is 0 Å². The molecule has 0 aliphatic carbocycles. The largest absolute Gasteiger partial charge is 0.373 e. The highest BCUT2D eigenvalue weighted by Gasteiger charge is 2.32. The number of ether oxygens (including phenoxy) is 1. The Kier molecular flexibility index (Phi) is 5.91. The van der Waals surface area contributed by atoms with Crippen LogP contribution in [0.15, 0.2) is 21.8 Å². The summed E-state index contributed by atoms with van der Waals surface area (Å²) in [7, 11) is 1.82. The zero-order valence-electron chi connectivity index (χ0n) is 14.1. The predicted octanol–water partition coefficient (Wildman–Crippen LogP) is 1.88. The first kappa shape index (κ1) is 16.7. The van der Waals surface area contributed by atoms with Crippen LogP contribution in [0.1, 0.15) is 31.2 Å². The highest BCUT2D eigenvalue weighted by atomic mass is 32.1. The van der Waals surface area contributed by atoms with Crippen molar-refractivity contribution in [2.45, 2.75) is 37.8 Å². The van der Waals surface area contributed by atoms with E-state index in [-0.39, 0.29) is 6.10 Å². The lowest BCUT2D eigenvalue weighted by molar-refractivity contribution is -0.0453. The molecule has 0 saturated carbocycles. The lowest BCUT2D eigenvalue weighted by Gasteiger charge is -2.35. The molecule has 3 rings (SSSR count). The molecule has 0 spiro atoms. The van der Waals surface area contributed by atoms with Crippen molar-refractivity contribution in [1.82, 2.24) is 15.5 Å². The number of hydrogen-bond acceptors (Lipinski definition) is 4. The number of morpholine rings is 1. The van der Waals surface area contributed by atoms with Gasteiger partial charge in [0.25, 0.3) is 0 Å². The number of fused-ring (bicyclic) bond motifs is 1. The first-order valence-corrected chi connectivity index (χ1v) is 9.53. The second-order valence-electron chi connectivity index (χ2n) is 6.54.